The van der Waals surface area contributed by atoms with Crippen molar-refractivity contribution in [1.82, 2.24) is 5.32 Å². The van der Waals surface area contributed by atoms with Crippen molar-refractivity contribution in [3.63, 3.8) is 0 Å². The Morgan fingerprint density at radius 1 is 1.33 bits per heavy atom. The van der Waals surface area contributed by atoms with E-state index in [1.54, 1.807) is 0 Å². The molecule has 3 nitrogen and oxygen atoms in total. The van der Waals surface area contributed by atoms with Gasteiger partial charge in [-0.15, -0.1) is 0 Å². The van der Waals surface area contributed by atoms with Crippen molar-refractivity contribution in [3.8, 4) is 6.07 Å². The minimum Gasteiger partial charge on any atom is -0.364 e. The summed E-state index contributed by atoms with van der Waals surface area (Å²) in [5.41, 5.74) is 1.92. The van der Waals surface area contributed by atoms with E-state index in [2.05, 4.69) is 45.2 Å². The van der Waals surface area contributed by atoms with Crippen molar-refractivity contribution >= 4 is 21.6 Å². The molecule has 4 heteroatoms. The molecule has 0 aromatic heterocycles. The number of nitrogens with one attached hydrogen (secondary N) is 1. The van der Waals surface area contributed by atoms with Crippen LogP contribution in [0.25, 0.3) is 0 Å². The van der Waals surface area contributed by atoms with Crippen LogP contribution in [0, 0.1) is 11.3 Å². The monoisotopic (exact) mass is 347 g/mol. The van der Waals surface area contributed by atoms with Crippen LogP contribution in [0.1, 0.15) is 44.6 Å². The van der Waals surface area contributed by atoms with E-state index < -0.39 is 0 Å². The Morgan fingerprint density at radius 3 is 2.67 bits per heavy atom. The third-order valence-corrected chi connectivity index (χ3v) is 5.27. The Labute approximate surface area is 135 Å². The maximum Gasteiger partial charge on any atom is 0.101 e. The lowest BCUT2D eigenvalue weighted by Crippen LogP contribution is -2.49. The molecule has 21 heavy (non-hydrogen) atoms. The zero-order valence-corrected chi connectivity index (χ0v) is 14.1. The summed E-state index contributed by atoms with van der Waals surface area (Å²) in [7, 11) is 0. The summed E-state index contributed by atoms with van der Waals surface area (Å²) < 4.78 is 1.06. The molecule has 2 unspecified atom stereocenters. The molecule has 3 rings (SSSR count). The molecule has 2 bridgehead atoms. The average molecular weight is 348 g/mol. The van der Waals surface area contributed by atoms with Crippen LogP contribution in [-0.2, 0) is 0 Å². The summed E-state index contributed by atoms with van der Waals surface area (Å²) in [5, 5.41) is 13.1. The first-order valence-corrected chi connectivity index (χ1v) is 8.73. The van der Waals surface area contributed by atoms with E-state index >= 15 is 0 Å². The molecule has 2 atom stereocenters. The summed E-state index contributed by atoms with van der Waals surface area (Å²) >= 11 is 3.55. The molecule has 2 heterocycles. The van der Waals surface area contributed by atoms with Crippen LogP contribution in [0.4, 0.5) is 5.69 Å². The van der Waals surface area contributed by atoms with Gasteiger partial charge >= 0.3 is 0 Å². The Bertz CT molecular complexity index is 537. The van der Waals surface area contributed by atoms with E-state index in [0.29, 0.717) is 18.1 Å². The Morgan fingerprint density at radius 2 is 2.05 bits per heavy atom. The van der Waals surface area contributed by atoms with Gasteiger partial charge in [-0.05, 0) is 56.8 Å². The van der Waals surface area contributed by atoms with Crippen LogP contribution in [0.2, 0.25) is 0 Å². The predicted molar refractivity (Wildman–Crippen MR) is 89.5 cm³/mol. The smallest absolute Gasteiger partial charge is 0.101 e. The van der Waals surface area contributed by atoms with Crippen LogP contribution in [-0.4, -0.2) is 24.7 Å². The van der Waals surface area contributed by atoms with Gasteiger partial charge in [0.2, 0.25) is 0 Å². The van der Waals surface area contributed by atoms with Crippen molar-refractivity contribution in [1.29, 1.82) is 5.26 Å². The first-order valence-electron chi connectivity index (χ1n) is 7.94. The number of halogens is 1. The van der Waals surface area contributed by atoms with E-state index in [9.17, 15) is 5.26 Å². The number of hydrogen-bond acceptors (Lipinski definition) is 3. The molecule has 1 N–H and O–H groups in total. The van der Waals surface area contributed by atoms with E-state index in [4.69, 9.17) is 0 Å². The molecule has 2 aliphatic heterocycles. The predicted octanol–water partition coefficient (Wildman–Crippen LogP) is 3.82. The topological polar surface area (TPSA) is 39.1 Å². The largest absolute Gasteiger partial charge is 0.364 e. The number of fused-ring (bicyclic) bond motifs is 2. The molecular weight excluding hydrogens is 326 g/mol. The summed E-state index contributed by atoms with van der Waals surface area (Å²) in [4.78, 5) is 2.52. The van der Waals surface area contributed by atoms with Gasteiger partial charge in [0, 0.05) is 22.6 Å². The quantitative estimate of drug-likeness (QED) is 0.899. The molecule has 0 aliphatic carbocycles. The average Bonchev–Trinajstić information content (AvgIpc) is 2.75. The van der Waals surface area contributed by atoms with Gasteiger partial charge in [0.1, 0.15) is 6.07 Å². The first-order chi connectivity index (χ1) is 10.2. The molecule has 1 aromatic carbocycles. The lowest BCUT2D eigenvalue weighted by Gasteiger charge is -2.41. The van der Waals surface area contributed by atoms with E-state index in [1.165, 1.54) is 32.1 Å². The molecule has 112 valence electrons. The highest BCUT2D eigenvalue weighted by molar-refractivity contribution is 9.10. The summed E-state index contributed by atoms with van der Waals surface area (Å²) in [6.45, 7) is 3.34. The summed E-state index contributed by atoms with van der Waals surface area (Å²) in [6, 6.07) is 10.2. The molecule has 0 amide bonds. The van der Waals surface area contributed by atoms with E-state index in [-0.39, 0.29) is 0 Å². The molecule has 0 saturated carbocycles. The van der Waals surface area contributed by atoms with Crippen LogP contribution in [0.5, 0.6) is 0 Å². The molecule has 1 aromatic rings. The number of rotatable bonds is 4. The van der Waals surface area contributed by atoms with E-state index in [1.807, 2.05) is 12.1 Å². The SMILES string of the molecule is CCCNC1CC2CCC(C1)N2c1cc(Br)ccc1C#N. The minimum atomic E-state index is 0.583. The highest BCUT2D eigenvalue weighted by atomic mass is 79.9. The fourth-order valence-corrected chi connectivity index (χ4v) is 4.25. The van der Waals surface area contributed by atoms with Crippen LogP contribution in [0.15, 0.2) is 22.7 Å². The molecule has 0 spiro atoms. The van der Waals surface area contributed by atoms with Gasteiger partial charge in [0.15, 0.2) is 0 Å². The highest BCUT2D eigenvalue weighted by Crippen LogP contribution is 2.41. The minimum absolute atomic E-state index is 0.583. The lowest BCUT2D eigenvalue weighted by atomic mass is 9.95. The molecule has 2 saturated heterocycles. The fourth-order valence-electron chi connectivity index (χ4n) is 3.90. The fraction of sp³-hybridized carbons (Fsp3) is 0.588. The third-order valence-electron chi connectivity index (χ3n) is 4.77. The maximum absolute atomic E-state index is 9.40. The Balaban J connectivity index is 1.82. The Hall–Kier alpha value is -1.05. The number of piperidine rings is 1. The van der Waals surface area contributed by atoms with E-state index in [0.717, 1.165) is 22.3 Å². The van der Waals surface area contributed by atoms with Crippen molar-refractivity contribution in [3.05, 3.63) is 28.2 Å². The van der Waals surface area contributed by atoms with Crippen molar-refractivity contribution in [2.45, 2.75) is 57.2 Å². The van der Waals surface area contributed by atoms with Crippen molar-refractivity contribution in [2.75, 3.05) is 11.4 Å². The normalized spacial score (nSPS) is 27.7. The van der Waals surface area contributed by atoms with Crippen LogP contribution in [0.3, 0.4) is 0 Å². The number of nitriles is 1. The Kier molecular flexibility index (Phi) is 4.51. The van der Waals surface area contributed by atoms with Gasteiger partial charge in [-0.2, -0.15) is 5.26 Å². The van der Waals surface area contributed by atoms with Crippen molar-refractivity contribution < 1.29 is 0 Å². The highest BCUT2D eigenvalue weighted by Gasteiger charge is 2.41. The summed E-state index contributed by atoms with van der Waals surface area (Å²) in [6.07, 6.45) is 6.11. The zero-order valence-electron chi connectivity index (χ0n) is 12.5. The maximum atomic E-state index is 9.40. The first kappa shape index (κ1) is 14.9. The molecule has 2 fully saturated rings. The molecule has 0 radical (unpaired) electrons. The number of benzene rings is 1. The number of anilines is 1. The standard InChI is InChI=1S/C17H22BrN3/c1-2-7-20-14-9-15-5-6-16(10-14)21(15)17-8-13(18)4-3-12(17)11-19/h3-4,8,14-16,20H,2,5-7,9-10H2,1H3. The van der Waals surface area contributed by atoms with Crippen LogP contribution >= 0.6 is 15.9 Å². The summed E-state index contributed by atoms with van der Waals surface area (Å²) in [5.74, 6) is 0. The molecule has 2 aliphatic rings. The second kappa shape index (κ2) is 6.37. The zero-order chi connectivity index (χ0) is 14.8. The van der Waals surface area contributed by atoms with Gasteiger partial charge in [-0.1, -0.05) is 22.9 Å². The van der Waals surface area contributed by atoms with Gasteiger partial charge in [-0.3, -0.25) is 0 Å². The van der Waals surface area contributed by atoms with Gasteiger partial charge in [0.05, 0.1) is 11.3 Å². The molecular formula is C17H22BrN3. The second-order valence-electron chi connectivity index (χ2n) is 6.19. The lowest BCUT2D eigenvalue weighted by molar-refractivity contribution is 0.356. The number of hydrogen-bond donors (Lipinski definition) is 1. The van der Waals surface area contributed by atoms with Gasteiger partial charge in [-0.25, -0.2) is 0 Å². The number of nitrogens with zero attached hydrogens (tertiary/aromatic N) is 2. The van der Waals surface area contributed by atoms with Gasteiger partial charge < -0.3 is 10.2 Å². The third kappa shape index (κ3) is 2.95. The van der Waals surface area contributed by atoms with Gasteiger partial charge in [0.25, 0.3) is 0 Å². The van der Waals surface area contributed by atoms with Crippen LogP contribution < -0.4 is 10.2 Å². The van der Waals surface area contributed by atoms with Crippen molar-refractivity contribution in [2.24, 2.45) is 0 Å². The second-order valence-corrected chi connectivity index (χ2v) is 7.10.